The van der Waals surface area contributed by atoms with E-state index in [1.165, 1.54) is 0 Å². The third-order valence-electron chi connectivity index (χ3n) is 3.28. The molecule has 18 heavy (non-hydrogen) atoms. The van der Waals surface area contributed by atoms with Gasteiger partial charge in [-0.15, -0.1) is 0 Å². The van der Waals surface area contributed by atoms with Crippen molar-refractivity contribution in [3.05, 3.63) is 18.0 Å². The zero-order valence-corrected chi connectivity index (χ0v) is 11.0. The first kappa shape index (κ1) is 12.8. The van der Waals surface area contributed by atoms with Crippen LogP contribution >= 0.6 is 0 Å². The predicted molar refractivity (Wildman–Crippen MR) is 74.1 cm³/mol. The van der Waals surface area contributed by atoms with E-state index in [4.69, 9.17) is 11.5 Å². The number of nitrogen functional groups attached to an aromatic ring is 1. The summed E-state index contributed by atoms with van der Waals surface area (Å²) in [6, 6.07) is 3.70. The van der Waals surface area contributed by atoms with Crippen LogP contribution in [-0.4, -0.2) is 21.5 Å². The van der Waals surface area contributed by atoms with E-state index in [0.29, 0.717) is 11.5 Å². The molecule has 0 fully saturated rings. The fourth-order valence-electron chi connectivity index (χ4n) is 2.05. The number of anilines is 1. The van der Waals surface area contributed by atoms with Crippen molar-refractivity contribution in [2.45, 2.75) is 33.1 Å². The molecule has 0 atom stereocenters. The van der Waals surface area contributed by atoms with E-state index < -0.39 is 0 Å². The third-order valence-corrected chi connectivity index (χ3v) is 3.28. The molecule has 0 saturated carbocycles. The van der Waals surface area contributed by atoms with Crippen molar-refractivity contribution < 1.29 is 0 Å². The molecule has 0 radical (unpaired) electrons. The summed E-state index contributed by atoms with van der Waals surface area (Å²) in [6.45, 7) is 5.20. The Bertz CT molecular complexity index is 529. The third kappa shape index (κ3) is 2.98. The van der Waals surface area contributed by atoms with Gasteiger partial charge in [0.1, 0.15) is 11.6 Å². The van der Waals surface area contributed by atoms with Crippen LogP contribution in [0.25, 0.3) is 11.2 Å². The summed E-state index contributed by atoms with van der Waals surface area (Å²) in [5.74, 6) is 1.47. The number of aryl methyl sites for hydroxylation is 1. The fourth-order valence-corrected chi connectivity index (χ4v) is 2.05. The number of hydrogen-bond acceptors (Lipinski definition) is 4. The lowest BCUT2D eigenvalue weighted by atomic mass is 9.84. The highest BCUT2D eigenvalue weighted by atomic mass is 15.0. The number of aromatic nitrogens is 3. The van der Waals surface area contributed by atoms with Crippen molar-refractivity contribution in [2.24, 2.45) is 11.1 Å². The van der Waals surface area contributed by atoms with E-state index in [2.05, 4.69) is 28.8 Å². The Balaban J connectivity index is 2.08. The van der Waals surface area contributed by atoms with Gasteiger partial charge in [-0.3, -0.25) is 0 Å². The van der Waals surface area contributed by atoms with Gasteiger partial charge >= 0.3 is 0 Å². The van der Waals surface area contributed by atoms with Crippen molar-refractivity contribution in [1.82, 2.24) is 15.0 Å². The molecule has 0 amide bonds. The maximum absolute atomic E-state index is 5.64. The smallest absolute Gasteiger partial charge is 0.179 e. The molecule has 2 rings (SSSR count). The molecule has 2 heterocycles. The molecule has 0 bridgehead atoms. The number of H-pyrrole nitrogens is 1. The number of rotatable bonds is 5. The highest BCUT2D eigenvalue weighted by molar-refractivity contribution is 5.72. The van der Waals surface area contributed by atoms with Gasteiger partial charge in [0.2, 0.25) is 0 Å². The molecule has 0 unspecified atom stereocenters. The van der Waals surface area contributed by atoms with Gasteiger partial charge in [0.15, 0.2) is 5.65 Å². The van der Waals surface area contributed by atoms with Crippen LogP contribution < -0.4 is 11.5 Å². The second-order valence-electron chi connectivity index (χ2n) is 5.49. The summed E-state index contributed by atoms with van der Waals surface area (Å²) < 4.78 is 0. The summed E-state index contributed by atoms with van der Waals surface area (Å²) in [5.41, 5.74) is 13.1. The molecular weight excluding hydrogens is 226 g/mol. The van der Waals surface area contributed by atoms with E-state index in [-0.39, 0.29) is 5.41 Å². The number of pyridine rings is 1. The van der Waals surface area contributed by atoms with E-state index in [1.54, 1.807) is 6.07 Å². The second kappa shape index (κ2) is 4.94. The number of hydrogen-bond donors (Lipinski definition) is 3. The van der Waals surface area contributed by atoms with Crippen molar-refractivity contribution in [1.29, 1.82) is 0 Å². The lowest BCUT2D eigenvalue weighted by molar-refractivity contribution is 0.311. The molecule has 0 aliphatic heterocycles. The first-order valence-corrected chi connectivity index (χ1v) is 6.31. The van der Waals surface area contributed by atoms with Crippen molar-refractivity contribution >= 4 is 17.0 Å². The number of nitrogens with two attached hydrogens (primary N) is 2. The number of fused-ring (bicyclic) bond motifs is 1. The molecule has 0 aliphatic rings. The van der Waals surface area contributed by atoms with Crippen molar-refractivity contribution in [3.8, 4) is 0 Å². The van der Waals surface area contributed by atoms with E-state index >= 15 is 0 Å². The van der Waals surface area contributed by atoms with Gasteiger partial charge in [-0.1, -0.05) is 13.8 Å². The highest BCUT2D eigenvalue weighted by Gasteiger charge is 2.17. The summed E-state index contributed by atoms with van der Waals surface area (Å²) in [5, 5.41) is 0. The van der Waals surface area contributed by atoms with Gasteiger partial charge in [0.05, 0.1) is 5.52 Å². The average molecular weight is 247 g/mol. The number of nitrogens with one attached hydrogen (secondary N) is 1. The Morgan fingerprint density at radius 3 is 2.72 bits per heavy atom. The molecule has 0 spiro atoms. The van der Waals surface area contributed by atoms with Gasteiger partial charge in [-0.25, -0.2) is 9.97 Å². The maximum Gasteiger partial charge on any atom is 0.179 e. The Morgan fingerprint density at radius 1 is 1.22 bits per heavy atom. The second-order valence-corrected chi connectivity index (χ2v) is 5.49. The molecule has 0 aliphatic carbocycles. The Labute approximate surface area is 107 Å². The van der Waals surface area contributed by atoms with Gasteiger partial charge in [0.25, 0.3) is 0 Å². The minimum absolute atomic E-state index is 0.250. The predicted octanol–water partition coefficient (Wildman–Crippen LogP) is 1.85. The number of nitrogens with zero attached hydrogens (tertiary/aromatic N) is 2. The first-order chi connectivity index (χ1) is 8.50. The summed E-state index contributed by atoms with van der Waals surface area (Å²) in [4.78, 5) is 11.9. The largest absolute Gasteiger partial charge is 0.384 e. The molecule has 5 N–H and O–H groups in total. The fraction of sp³-hybridized carbons (Fsp3) is 0.538. The van der Waals surface area contributed by atoms with Crippen molar-refractivity contribution in [2.75, 3.05) is 12.3 Å². The van der Waals surface area contributed by atoms with Crippen LogP contribution in [0.3, 0.4) is 0 Å². The SMILES string of the molecule is CC(C)(CCN)CCc1nc2nc(N)ccc2[nH]1. The topological polar surface area (TPSA) is 93.6 Å². The summed E-state index contributed by atoms with van der Waals surface area (Å²) in [7, 11) is 0. The normalized spacial score (nSPS) is 12.2. The molecule has 5 nitrogen and oxygen atoms in total. The Hall–Kier alpha value is -1.62. The molecular formula is C13H21N5. The summed E-state index contributed by atoms with van der Waals surface area (Å²) in [6.07, 6.45) is 2.99. The van der Waals surface area contributed by atoms with Crippen molar-refractivity contribution in [3.63, 3.8) is 0 Å². The van der Waals surface area contributed by atoms with Crippen LogP contribution in [0.5, 0.6) is 0 Å². The van der Waals surface area contributed by atoms with Crippen LogP contribution in [0.1, 0.15) is 32.5 Å². The van der Waals surface area contributed by atoms with Gasteiger partial charge < -0.3 is 16.5 Å². The molecule has 0 saturated heterocycles. The highest BCUT2D eigenvalue weighted by Crippen LogP contribution is 2.26. The first-order valence-electron chi connectivity index (χ1n) is 6.31. The Kier molecular flexibility index (Phi) is 3.52. The molecule has 0 aromatic carbocycles. The lowest BCUT2D eigenvalue weighted by Gasteiger charge is -2.22. The van der Waals surface area contributed by atoms with Crippen LogP contribution in [0.4, 0.5) is 5.82 Å². The zero-order valence-electron chi connectivity index (χ0n) is 11.0. The minimum atomic E-state index is 0.250. The van der Waals surface area contributed by atoms with Gasteiger partial charge in [-0.2, -0.15) is 0 Å². The van der Waals surface area contributed by atoms with Crippen LogP contribution in [0, 0.1) is 5.41 Å². The number of imidazole rings is 1. The van der Waals surface area contributed by atoms with Gasteiger partial charge in [0, 0.05) is 6.42 Å². The van der Waals surface area contributed by atoms with E-state index in [0.717, 1.165) is 37.1 Å². The monoisotopic (exact) mass is 247 g/mol. The van der Waals surface area contributed by atoms with Gasteiger partial charge in [-0.05, 0) is 36.9 Å². The lowest BCUT2D eigenvalue weighted by Crippen LogP contribution is -2.18. The van der Waals surface area contributed by atoms with Crippen LogP contribution in [-0.2, 0) is 6.42 Å². The quantitative estimate of drug-likeness (QED) is 0.751. The van der Waals surface area contributed by atoms with Crippen LogP contribution in [0.2, 0.25) is 0 Å². The average Bonchev–Trinajstić information content (AvgIpc) is 2.68. The van der Waals surface area contributed by atoms with Crippen LogP contribution in [0.15, 0.2) is 12.1 Å². The van der Waals surface area contributed by atoms with E-state index in [1.807, 2.05) is 6.07 Å². The molecule has 5 heteroatoms. The standard InChI is InChI=1S/C13H21N5/c1-13(2,7-8-14)6-5-11-16-9-3-4-10(15)17-12(9)18-11/h3-4H,5-8,14H2,1-2H3,(H3,15,16,17,18). The van der Waals surface area contributed by atoms with E-state index in [9.17, 15) is 0 Å². The molecule has 2 aromatic rings. The maximum atomic E-state index is 5.64. The molecule has 98 valence electrons. The number of aromatic amines is 1. The molecule has 2 aromatic heterocycles. The minimum Gasteiger partial charge on any atom is -0.384 e. The summed E-state index contributed by atoms with van der Waals surface area (Å²) >= 11 is 0. The zero-order chi connectivity index (χ0) is 13.2. The Morgan fingerprint density at radius 2 is 2.00 bits per heavy atom.